The molecule has 0 radical (unpaired) electrons. The smallest absolute Gasteiger partial charge is 0.444 e. The summed E-state index contributed by atoms with van der Waals surface area (Å²) in [6.07, 6.45) is -0.174. The molecule has 184 valence electrons. The predicted octanol–water partition coefficient (Wildman–Crippen LogP) is 6.78. The number of benzene rings is 4. The molecular weight excluding hydrogens is 473 g/mol. The van der Waals surface area contributed by atoms with Gasteiger partial charge in [-0.2, -0.15) is 0 Å². The molecule has 6 nitrogen and oxygen atoms in total. The van der Waals surface area contributed by atoms with E-state index < -0.39 is 13.6 Å². The number of hydrogen-bond acceptors (Lipinski definition) is 6. The molecule has 0 aliphatic carbocycles. The van der Waals surface area contributed by atoms with E-state index in [1.54, 1.807) is 31.2 Å². The molecule has 1 N–H and O–H groups in total. The Balaban J connectivity index is 1.50. The first-order chi connectivity index (χ1) is 17.5. The Morgan fingerprint density at radius 3 is 1.50 bits per heavy atom. The van der Waals surface area contributed by atoms with Crippen molar-refractivity contribution in [3.8, 4) is 33.8 Å². The molecule has 0 saturated carbocycles. The van der Waals surface area contributed by atoms with Crippen molar-refractivity contribution in [2.75, 3.05) is 19.4 Å². The van der Waals surface area contributed by atoms with Crippen LogP contribution in [0, 0.1) is 0 Å². The summed E-state index contributed by atoms with van der Waals surface area (Å²) in [6, 6.07) is 34.5. The molecule has 0 aromatic heterocycles. The standard InChI is InChI=1S/C29H28NO5P/c1-2-33-29(31)21-30-22-36(32,34-27-17-13-25(14-18-27)23-9-5-3-6-10-23)35-28-19-15-26(16-20-28)24-11-7-4-8-12-24/h3-20,30H,2,21-22H2,1H3. The number of ether oxygens (including phenoxy) is 1. The van der Waals surface area contributed by atoms with Gasteiger partial charge in [-0.1, -0.05) is 84.9 Å². The van der Waals surface area contributed by atoms with Gasteiger partial charge in [0.25, 0.3) is 0 Å². The van der Waals surface area contributed by atoms with E-state index >= 15 is 0 Å². The minimum atomic E-state index is -3.73. The van der Waals surface area contributed by atoms with E-state index in [1.165, 1.54) is 0 Å². The van der Waals surface area contributed by atoms with E-state index in [4.69, 9.17) is 13.8 Å². The summed E-state index contributed by atoms with van der Waals surface area (Å²) in [4.78, 5) is 11.7. The van der Waals surface area contributed by atoms with Crippen LogP contribution in [0.25, 0.3) is 22.3 Å². The lowest BCUT2D eigenvalue weighted by molar-refractivity contribution is -0.141. The Hall–Kier alpha value is -3.86. The molecule has 0 saturated heterocycles. The maximum absolute atomic E-state index is 13.7. The number of rotatable bonds is 11. The summed E-state index contributed by atoms with van der Waals surface area (Å²) in [5, 5.41) is 2.84. The highest BCUT2D eigenvalue weighted by Crippen LogP contribution is 2.48. The molecule has 0 amide bonds. The van der Waals surface area contributed by atoms with Gasteiger partial charge in [-0.15, -0.1) is 0 Å². The van der Waals surface area contributed by atoms with Crippen molar-refractivity contribution in [3.05, 3.63) is 109 Å². The summed E-state index contributed by atoms with van der Waals surface area (Å²) < 4.78 is 30.4. The lowest BCUT2D eigenvalue weighted by Crippen LogP contribution is -2.27. The first kappa shape index (κ1) is 25.2. The van der Waals surface area contributed by atoms with Gasteiger partial charge in [-0.3, -0.25) is 10.1 Å². The maximum atomic E-state index is 13.7. The molecule has 0 fully saturated rings. The highest BCUT2D eigenvalue weighted by Gasteiger charge is 2.28. The van der Waals surface area contributed by atoms with E-state index in [0.717, 1.165) is 22.3 Å². The summed E-state index contributed by atoms with van der Waals surface area (Å²) in [5.41, 5.74) is 4.16. The zero-order chi connectivity index (χ0) is 25.2. The zero-order valence-electron chi connectivity index (χ0n) is 20.0. The first-order valence-corrected chi connectivity index (χ1v) is 13.4. The van der Waals surface area contributed by atoms with E-state index in [9.17, 15) is 9.36 Å². The van der Waals surface area contributed by atoms with Crippen LogP contribution in [0.2, 0.25) is 0 Å². The first-order valence-electron chi connectivity index (χ1n) is 11.7. The van der Waals surface area contributed by atoms with Crippen LogP contribution in [0.4, 0.5) is 0 Å². The summed E-state index contributed by atoms with van der Waals surface area (Å²) >= 11 is 0. The molecule has 4 aromatic carbocycles. The van der Waals surface area contributed by atoms with Gasteiger partial charge >= 0.3 is 13.6 Å². The second kappa shape index (κ2) is 12.2. The topological polar surface area (TPSA) is 73.9 Å². The minimum Gasteiger partial charge on any atom is -0.465 e. The second-order valence-electron chi connectivity index (χ2n) is 7.96. The number of esters is 1. The van der Waals surface area contributed by atoms with Crippen LogP contribution in [0.3, 0.4) is 0 Å². The summed E-state index contributed by atoms with van der Waals surface area (Å²) in [6.45, 7) is 1.89. The Labute approximate surface area is 211 Å². The molecule has 7 heteroatoms. The number of carbonyl (C=O) groups is 1. The molecule has 4 aromatic rings. The normalized spacial score (nSPS) is 11.0. The molecule has 36 heavy (non-hydrogen) atoms. The average Bonchev–Trinajstić information content (AvgIpc) is 2.91. The van der Waals surface area contributed by atoms with Gasteiger partial charge in [0.15, 0.2) is 0 Å². The molecule has 0 atom stereocenters. The van der Waals surface area contributed by atoms with Gasteiger partial charge in [-0.25, -0.2) is 4.57 Å². The van der Waals surface area contributed by atoms with Crippen LogP contribution in [0.15, 0.2) is 109 Å². The fraction of sp³-hybridized carbons (Fsp3) is 0.138. The maximum Gasteiger partial charge on any atom is 0.444 e. The summed E-state index contributed by atoms with van der Waals surface area (Å²) in [7, 11) is -3.73. The predicted molar refractivity (Wildman–Crippen MR) is 142 cm³/mol. The Morgan fingerprint density at radius 1 is 0.667 bits per heavy atom. The molecule has 0 spiro atoms. The molecule has 4 rings (SSSR count). The number of hydrogen-bond donors (Lipinski definition) is 1. The lowest BCUT2D eigenvalue weighted by atomic mass is 10.1. The van der Waals surface area contributed by atoms with Crippen molar-refractivity contribution in [2.45, 2.75) is 6.92 Å². The van der Waals surface area contributed by atoms with E-state index in [-0.39, 0.29) is 19.4 Å². The van der Waals surface area contributed by atoms with Crippen molar-refractivity contribution in [1.29, 1.82) is 0 Å². The quantitative estimate of drug-likeness (QED) is 0.180. The molecular formula is C29H28NO5P. The van der Waals surface area contributed by atoms with Gasteiger partial charge in [0, 0.05) is 0 Å². The highest BCUT2D eigenvalue weighted by atomic mass is 31.2. The third-order valence-electron chi connectivity index (χ3n) is 5.29. The van der Waals surface area contributed by atoms with Crippen LogP contribution in [0.5, 0.6) is 11.5 Å². The molecule has 0 heterocycles. The lowest BCUT2D eigenvalue weighted by Gasteiger charge is -2.21. The molecule has 0 aliphatic rings. The Kier molecular flexibility index (Phi) is 8.56. The van der Waals surface area contributed by atoms with Crippen molar-refractivity contribution in [2.24, 2.45) is 0 Å². The van der Waals surface area contributed by atoms with Gasteiger partial charge in [0.2, 0.25) is 0 Å². The van der Waals surface area contributed by atoms with Crippen molar-refractivity contribution in [1.82, 2.24) is 5.32 Å². The third kappa shape index (κ3) is 7.08. The third-order valence-corrected chi connectivity index (χ3v) is 6.88. The monoisotopic (exact) mass is 501 g/mol. The van der Waals surface area contributed by atoms with Crippen LogP contribution in [-0.4, -0.2) is 25.4 Å². The molecule has 0 unspecified atom stereocenters. The molecule has 0 aliphatic heterocycles. The highest BCUT2D eigenvalue weighted by molar-refractivity contribution is 7.54. The van der Waals surface area contributed by atoms with E-state index in [1.807, 2.05) is 84.9 Å². The fourth-order valence-electron chi connectivity index (χ4n) is 3.59. The largest absolute Gasteiger partial charge is 0.465 e. The second-order valence-corrected chi connectivity index (χ2v) is 9.87. The fourth-order valence-corrected chi connectivity index (χ4v) is 5.03. The van der Waals surface area contributed by atoms with Crippen LogP contribution < -0.4 is 14.4 Å². The number of nitrogens with one attached hydrogen (secondary N) is 1. The van der Waals surface area contributed by atoms with Gasteiger partial charge in [0.05, 0.1) is 13.2 Å². The Morgan fingerprint density at radius 2 is 1.08 bits per heavy atom. The van der Waals surface area contributed by atoms with Crippen molar-refractivity contribution >= 4 is 13.6 Å². The van der Waals surface area contributed by atoms with Gasteiger partial charge in [-0.05, 0) is 53.4 Å². The van der Waals surface area contributed by atoms with Gasteiger partial charge in [0.1, 0.15) is 17.8 Å². The summed E-state index contributed by atoms with van der Waals surface area (Å²) in [5.74, 6) is 0.359. The molecule has 0 bridgehead atoms. The van der Waals surface area contributed by atoms with Crippen molar-refractivity contribution < 1.29 is 23.1 Å². The average molecular weight is 502 g/mol. The van der Waals surface area contributed by atoms with Gasteiger partial charge < -0.3 is 13.8 Å². The van der Waals surface area contributed by atoms with E-state index in [0.29, 0.717) is 11.5 Å². The zero-order valence-corrected chi connectivity index (χ0v) is 20.9. The van der Waals surface area contributed by atoms with Crippen LogP contribution >= 0.6 is 7.60 Å². The van der Waals surface area contributed by atoms with E-state index in [2.05, 4.69) is 5.32 Å². The van der Waals surface area contributed by atoms with Crippen LogP contribution in [0.1, 0.15) is 6.92 Å². The SMILES string of the molecule is CCOC(=O)CNCP(=O)(Oc1ccc(-c2ccccc2)cc1)Oc1ccc(-c2ccccc2)cc1. The van der Waals surface area contributed by atoms with Crippen LogP contribution in [-0.2, 0) is 14.1 Å². The van der Waals surface area contributed by atoms with Crippen molar-refractivity contribution in [3.63, 3.8) is 0 Å². The minimum absolute atomic E-state index is 0.107. The number of carbonyl (C=O) groups excluding carboxylic acids is 1. The Bertz CT molecular complexity index is 1200.